The van der Waals surface area contributed by atoms with Crippen LogP contribution in [0, 0.1) is 6.92 Å². The first-order valence-corrected chi connectivity index (χ1v) is 3.81. The van der Waals surface area contributed by atoms with Crippen molar-refractivity contribution in [3.63, 3.8) is 0 Å². The lowest BCUT2D eigenvalue weighted by molar-refractivity contribution is 0.0695. The van der Waals surface area contributed by atoms with Crippen LogP contribution in [0.15, 0.2) is 14.9 Å². The summed E-state index contributed by atoms with van der Waals surface area (Å²) in [4.78, 5) is 10.7. The lowest BCUT2D eigenvalue weighted by Crippen LogP contribution is -2.00. The molecule has 0 fully saturated rings. The highest BCUT2D eigenvalue weighted by Crippen LogP contribution is 2.21. The summed E-state index contributed by atoms with van der Waals surface area (Å²) < 4.78 is 4.69. The van der Waals surface area contributed by atoms with Gasteiger partial charge in [0.1, 0.15) is 0 Å². The van der Waals surface area contributed by atoms with Gasteiger partial charge in [-0.1, -0.05) is 10.4 Å². The highest BCUT2D eigenvalue weighted by atomic mass is 16.5. The highest BCUT2D eigenvalue weighted by Gasteiger charge is 2.19. The first kappa shape index (κ1) is 10.2. The molecule has 1 rings (SSSR count). The van der Waals surface area contributed by atoms with E-state index < -0.39 is 5.97 Å². The standard InChI is InChI=1S/C7H10N4O3/c1-4-5(7(12)13)6(9-14-4)8-10-11(2)3/h1-3H3,(H,12,13). The van der Waals surface area contributed by atoms with Gasteiger partial charge in [0.05, 0.1) is 0 Å². The number of carboxylic acid groups (broad SMARTS) is 1. The largest absolute Gasteiger partial charge is 0.477 e. The molecule has 0 aliphatic heterocycles. The molecule has 1 N–H and O–H groups in total. The summed E-state index contributed by atoms with van der Waals surface area (Å²) in [6.07, 6.45) is 0. The molecule has 0 aromatic carbocycles. The number of nitrogens with zero attached hydrogens (tertiary/aromatic N) is 4. The number of aromatic nitrogens is 1. The Bertz CT molecular complexity index is 369. The summed E-state index contributed by atoms with van der Waals surface area (Å²) in [5.41, 5.74) is -0.0596. The molecule has 1 heterocycles. The Labute approximate surface area is 80.0 Å². The molecule has 7 nitrogen and oxygen atoms in total. The lowest BCUT2D eigenvalue weighted by atomic mass is 10.2. The molecule has 1 aromatic heterocycles. The van der Waals surface area contributed by atoms with Crippen LogP contribution < -0.4 is 0 Å². The Balaban J connectivity index is 3.04. The van der Waals surface area contributed by atoms with Gasteiger partial charge in [-0.05, 0) is 6.92 Å². The fourth-order valence-electron chi connectivity index (χ4n) is 0.807. The zero-order valence-electron chi connectivity index (χ0n) is 8.05. The van der Waals surface area contributed by atoms with Crippen LogP contribution in [0.1, 0.15) is 16.1 Å². The van der Waals surface area contributed by atoms with Crippen LogP contribution in [-0.2, 0) is 0 Å². The third kappa shape index (κ3) is 2.06. The lowest BCUT2D eigenvalue weighted by Gasteiger charge is -1.98. The van der Waals surface area contributed by atoms with Crippen molar-refractivity contribution in [1.29, 1.82) is 0 Å². The highest BCUT2D eigenvalue weighted by molar-refractivity contribution is 5.93. The quantitative estimate of drug-likeness (QED) is 0.582. The average molecular weight is 198 g/mol. The minimum absolute atomic E-state index is 0.0244. The first-order valence-electron chi connectivity index (χ1n) is 3.81. The topological polar surface area (TPSA) is 91.3 Å². The van der Waals surface area contributed by atoms with Gasteiger partial charge in [0.25, 0.3) is 0 Å². The van der Waals surface area contributed by atoms with E-state index in [4.69, 9.17) is 5.11 Å². The van der Waals surface area contributed by atoms with Crippen LogP contribution >= 0.6 is 0 Å². The molecule has 0 aliphatic carbocycles. The van der Waals surface area contributed by atoms with E-state index in [9.17, 15) is 4.79 Å². The average Bonchev–Trinajstić information content (AvgIpc) is 2.43. The fourth-order valence-corrected chi connectivity index (χ4v) is 0.807. The normalized spacial score (nSPS) is 10.8. The Kier molecular flexibility index (Phi) is 2.80. The van der Waals surface area contributed by atoms with Gasteiger partial charge < -0.3 is 9.63 Å². The predicted octanol–water partition coefficient (Wildman–Crippen LogP) is 1.24. The Morgan fingerprint density at radius 1 is 1.57 bits per heavy atom. The van der Waals surface area contributed by atoms with Crippen molar-refractivity contribution in [2.75, 3.05) is 14.1 Å². The van der Waals surface area contributed by atoms with E-state index in [0.717, 1.165) is 0 Å². The molecular formula is C7H10N4O3. The summed E-state index contributed by atoms with van der Waals surface area (Å²) in [6.45, 7) is 1.51. The van der Waals surface area contributed by atoms with Crippen molar-refractivity contribution in [3.8, 4) is 0 Å². The van der Waals surface area contributed by atoms with Crippen LogP contribution in [-0.4, -0.2) is 35.3 Å². The molecule has 14 heavy (non-hydrogen) atoms. The van der Waals surface area contributed by atoms with E-state index in [1.54, 1.807) is 14.1 Å². The predicted molar refractivity (Wildman–Crippen MR) is 46.4 cm³/mol. The van der Waals surface area contributed by atoms with Gasteiger partial charge in [0.15, 0.2) is 11.3 Å². The zero-order chi connectivity index (χ0) is 10.7. The maximum Gasteiger partial charge on any atom is 0.343 e. The molecule has 0 radical (unpaired) electrons. The Morgan fingerprint density at radius 2 is 2.21 bits per heavy atom. The van der Waals surface area contributed by atoms with Gasteiger partial charge >= 0.3 is 5.97 Å². The van der Waals surface area contributed by atoms with E-state index >= 15 is 0 Å². The van der Waals surface area contributed by atoms with Crippen LogP contribution in [0.4, 0.5) is 5.82 Å². The maximum absolute atomic E-state index is 10.7. The summed E-state index contributed by atoms with van der Waals surface area (Å²) in [7, 11) is 3.33. The molecule has 76 valence electrons. The molecule has 0 saturated heterocycles. The van der Waals surface area contributed by atoms with Gasteiger partial charge in [-0.3, -0.25) is 5.01 Å². The number of aryl methyl sites for hydroxylation is 1. The summed E-state index contributed by atoms with van der Waals surface area (Å²) >= 11 is 0. The second kappa shape index (κ2) is 3.86. The Hall–Kier alpha value is -1.92. The van der Waals surface area contributed by atoms with Gasteiger partial charge in [-0.25, -0.2) is 4.79 Å². The monoisotopic (exact) mass is 198 g/mol. The molecule has 0 amide bonds. The van der Waals surface area contributed by atoms with E-state index in [1.807, 2.05) is 0 Å². The van der Waals surface area contributed by atoms with E-state index in [1.165, 1.54) is 11.9 Å². The van der Waals surface area contributed by atoms with Crippen LogP contribution in [0.5, 0.6) is 0 Å². The van der Waals surface area contributed by atoms with Crippen molar-refractivity contribution < 1.29 is 14.4 Å². The Morgan fingerprint density at radius 3 is 2.71 bits per heavy atom. The van der Waals surface area contributed by atoms with Crippen molar-refractivity contribution in [1.82, 2.24) is 10.2 Å². The van der Waals surface area contributed by atoms with Crippen LogP contribution in [0.2, 0.25) is 0 Å². The third-order valence-corrected chi connectivity index (χ3v) is 1.38. The van der Waals surface area contributed by atoms with Crippen LogP contribution in [0.3, 0.4) is 0 Å². The van der Waals surface area contributed by atoms with Crippen molar-refractivity contribution in [2.24, 2.45) is 10.3 Å². The molecule has 0 bridgehead atoms. The first-order chi connectivity index (χ1) is 6.52. The van der Waals surface area contributed by atoms with Gasteiger partial charge in [-0.15, -0.1) is 5.11 Å². The molecular weight excluding hydrogens is 188 g/mol. The smallest absolute Gasteiger partial charge is 0.343 e. The van der Waals surface area contributed by atoms with E-state index in [-0.39, 0.29) is 17.1 Å². The number of hydrogen-bond acceptors (Lipinski definition) is 5. The molecule has 1 aromatic rings. The van der Waals surface area contributed by atoms with Gasteiger partial charge in [0.2, 0.25) is 5.82 Å². The van der Waals surface area contributed by atoms with E-state index in [0.29, 0.717) is 0 Å². The number of carboxylic acids is 1. The second-order valence-electron chi connectivity index (χ2n) is 2.78. The number of carbonyl (C=O) groups is 1. The molecule has 7 heteroatoms. The number of hydrogen-bond donors (Lipinski definition) is 1. The van der Waals surface area contributed by atoms with Crippen LogP contribution in [0.25, 0.3) is 0 Å². The van der Waals surface area contributed by atoms with Gasteiger partial charge in [-0.2, -0.15) is 0 Å². The molecule has 0 aliphatic rings. The van der Waals surface area contributed by atoms with E-state index in [2.05, 4.69) is 20.0 Å². The molecule has 0 saturated carbocycles. The van der Waals surface area contributed by atoms with Crippen molar-refractivity contribution in [3.05, 3.63) is 11.3 Å². The molecule has 0 spiro atoms. The molecule has 0 unspecified atom stereocenters. The van der Waals surface area contributed by atoms with Crippen molar-refractivity contribution in [2.45, 2.75) is 6.92 Å². The van der Waals surface area contributed by atoms with Gasteiger partial charge in [0, 0.05) is 14.1 Å². The fraction of sp³-hybridized carbons (Fsp3) is 0.429. The summed E-state index contributed by atoms with van der Waals surface area (Å²) in [5, 5.41) is 20.9. The zero-order valence-corrected chi connectivity index (χ0v) is 8.05. The minimum atomic E-state index is -1.13. The SMILES string of the molecule is Cc1onc(N=NN(C)C)c1C(=O)O. The summed E-state index contributed by atoms with van der Waals surface area (Å²) in [6, 6.07) is 0. The maximum atomic E-state index is 10.7. The summed E-state index contributed by atoms with van der Waals surface area (Å²) in [5.74, 6) is -0.939. The second-order valence-corrected chi connectivity index (χ2v) is 2.78. The minimum Gasteiger partial charge on any atom is -0.477 e. The molecule has 0 atom stereocenters. The number of aromatic carboxylic acids is 1. The van der Waals surface area contributed by atoms with Crippen molar-refractivity contribution >= 4 is 11.8 Å². The number of rotatable bonds is 3. The third-order valence-electron chi connectivity index (χ3n) is 1.38.